The molecule has 1 aromatic carbocycles. The summed E-state index contributed by atoms with van der Waals surface area (Å²) in [7, 11) is 0. The van der Waals surface area contributed by atoms with Crippen molar-refractivity contribution in [1.82, 2.24) is 4.90 Å². The summed E-state index contributed by atoms with van der Waals surface area (Å²) in [6.45, 7) is 13.1. The largest absolute Gasteiger partial charge is 1.00 e. The van der Waals surface area contributed by atoms with E-state index in [1.54, 1.807) is 0 Å². The first-order chi connectivity index (χ1) is 11.1. The minimum Gasteiger partial charge on any atom is -1.00 e. The Balaban J connectivity index is 0.00000529. The highest BCUT2D eigenvalue weighted by atomic mass is 35.5. The van der Waals surface area contributed by atoms with Crippen LogP contribution in [-0.2, 0) is 9.53 Å². The van der Waals surface area contributed by atoms with Crippen LogP contribution in [0.25, 0.3) is 0 Å². The van der Waals surface area contributed by atoms with Gasteiger partial charge in [0.2, 0.25) is 6.04 Å². The molecule has 5 heteroatoms. The van der Waals surface area contributed by atoms with Crippen molar-refractivity contribution >= 4 is 5.97 Å². The Morgan fingerprint density at radius 1 is 1.17 bits per heavy atom. The normalized spacial score (nSPS) is 12.1. The number of carbonyl (C=O) groups is 1. The van der Waals surface area contributed by atoms with E-state index in [1.807, 2.05) is 30.3 Å². The molecule has 24 heavy (non-hydrogen) atoms. The topological polar surface area (TPSA) is 46.2 Å². The molecule has 0 aliphatic heterocycles. The first-order valence-corrected chi connectivity index (χ1v) is 8.85. The molecule has 0 aromatic heterocycles. The summed E-state index contributed by atoms with van der Waals surface area (Å²) in [4.78, 5) is 14.8. The Labute approximate surface area is 153 Å². The van der Waals surface area contributed by atoms with Crippen LogP contribution >= 0.6 is 0 Å². The maximum absolute atomic E-state index is 12.5. The quantitative estimate of drug-likeness (QED) is 0.529. The van der Waals surface area contributed by atoms with Gasteiger partial charge >= 0.3 is 5.97 Å². The van der Waals surface area contributed by atoms with E-state index < -0.39 is 0 Å². The van der Waals surface area contributed by atoms with Gasteiger partial charge in [-0.3, -0.25) is 4.90 Å². The minimum atomic E-state index is -0.265. The molecule has 4 nitrogen and oxygen atoms in total. The summed E-state index contributed by atoms with van der Waals surface area (Å²) in [6.07, 6.45) is 0.909. The molecule has 0 aliphatic rings. The van der Waals surface area contributed by atoms with E-state index >= 15 is 0 Å². The number of nitrogens with two attached hydrogens (primary N) is 1. The predicted molar refractivity (Wildman–Crippen MR) is 94.2 cm³/mol. The lowest BCUT2D eigenvalue weighted by atomic mass is 10.1. The van der Waals surface area contributed by atoms with E-state index in [1.165, 1.54) is 0 Å². The van der Waals surface area contributed by atoms with E-state index in [0.29, 0.717) is 12.5 Å². The van der Waals surface area contributed by atoms with E-state index in [9.17, 15) is 4.79 Å². The third-order valence-corrected chi connectivity index (χ3v) is 4.09. The van der Waals surface area contributed by atoms with Crippen LogP contribution in [-0.4, -0.2) is 43.7 Å². The van der Waals surface area contributed by atoms with Crippen LogP contribution in [0.4, 0.5) is 0 Å². The molecule has 2 N–H and O–H groups in total. The molecule has 138 valence electrons. The number of halogens is 1. The number of esters is 1. The molecule has 1 aromatic rings. The average Bonchev–Trinajstić information content (AvgIpc) is 2.55. The zero-order chi connectivity index (χ0) is 17.1. The second-order valence-corrected chi connectivity index (χ2v) is 6.29. The zero-order valence-corrected chi connectivity index (χ0v) is 16.3. The molecule has 0 fully saturated rings. The SMILES string of the molecule is CCN(CC)CC[NH2+]C(C(=O)OCCC(C)C)c1ccccc1.[Cl-]. The summed E-state index contributed by atoms with van der Waals surface area (Å²) in [6, 6.07) is 9.66. The molecule has 0 amide bonds. The molecule has 0 radical (unpaired) electrons. The fourth-order valence-corrected chi connectivity index (χ4v) is 2.48. The summed E-state index contributed by atoms with van der Waals surface area (Å²) in [5, 5.41) is 2.10. The summed E-state index contributed by atoms with van der Waals surface area (Å²) in [5.74, 6) is 0.418. The third-order valence-electron chi connectivity index (χ3n) is 4.09. The van der Waals surface area contributed by atoms with E-state index in [-0.39, 0.29) is 24.4 Å². The van der Waals surface area contributed by atoms with Crippen LogP contribution < -0.4 is 17.7 Å². The Bertz CT molecular complexity index is 436. The number of rotatable bonds is 11. The smallest absolute Gasteiger partial charge is 0.369 e. The summed E-state index contributed by atoms with van der Waals surface area (Å²) in [5.41, 5.74) is 1.02. The highest BCUT2D eigenvalue weighted by Crippen LogP contribution is 2.11. The Morgan fingerprint density at radius 3 is 2.33 bits per heavy atom. The second-order valence-electron chi connectivity index (χ2n) is 6.29. The molecular weight excluding hydrogens is 324 g/mol. The number of carbonyl (C=O) groups excluding carboxylic acids is 1. The van der Waals surface area contributed by atoms with Gasteiger partial charge in [0, 0.05) is 12.1 Å². The van der Waals surface area contributed by atoms with Gasteiger partial charge < -0.3 is 22.5 Å². The molecule has 1 atom stereocenters. The number of hydrogen-bond acceptors (Lipinski definition) is 3. The van der Waals surface area contributed by atoms with Gasteiger partial charge in [-0.15, -0.1) is 0 Å². The highest BCUT2D eigenvalue weighted by Gasteiger charge is 2.25. The molecular formula is C19H33ClN2O2. The second kappa shape index (κ2) is 13.2. The molecule has 0 spiro atoms. The first kappa shape index (κ1) is 22.9. The number of benzene rings is 1. The number of hydrogen-bond donors (Lipinski definition) is 1. The lowest BCUT2D eigenvalue weighted by Gasteiger charge is -2.20. The zero-order valence-electron chi connectivity index (χ0n) is 15.5. The summed E-state index contributed by atoms with van der Waals surface area (Å²) >= 11 is 0. The van der Waals surface area contributed by atoms with Gasteiger partial charge in [-0.25, -0.2) is 4.79 Å². The van der Waals surface area contributed by atoms with Crippen LogP contribution in [0.2, 0.25) is 0 Å². The van der Waals surface area contributed by atoms with Crippen molar-refractivity contribution < 1.29 is 27.3 Å². The molecule has 1 rings (SSSR count). The fourth-order valence-electron chi connectivity index (χ4n) is 2.48. The first-order valence-electron chi connectivity index (χ1n) is 8.85. The fraction of sp³-hybridized carbons (Fsp3) is 0.632. The van der Waals surface area contributed by atoms with Crippen molar-refractivity contribution in [3.63, 3.8) is 0 Å². The monoisotopic (exact) mass is 356 g/mol. The van der Waals surface area contributed by atoms with Gasteiger partial charge in [-0.2, -0.15) is 0 Å². The molecule has 0 heterocycles. The predicted octanol–water partition coefficient (Wildman–Crippen LogP) is -0.774. The van der Waals surface area contributed by atoms with Crippen molar-refractivity contribution in [2.24, 2.45) is 5.92 Å². The van der Waals surface area contributed by atoms with Crippen molar-refractivity contribution in [3.05, 3.63) is 35.9 Å². The van der Waals surface area contributed by atoms with Crippen LogP contribution in [0.3, 0.4) is 0 Å². The van der Waals surface area contributed by atoms with Gasteiger partial charge in [0.25, 0.3) is 0 Å². The lowest BCUT2D eigenvalue weighted by Crippen LogP contribution is -3.00. The van der Waals surface area contributed by atoms with Crippen molar-refractivity contribution in [1.29, 1.82) is 0 Å². The van der Waals surface area contributed by atoms with Crippen molar-refractivity contribution in [3.8, 4) is 0 Å². The van der Waals surface area contributed by atoms with Crippen molar-refractivity contribution in [2.75, 3.05) is 32.8 Å². The van der Waals surface area contributed by atoms with Gasteiger partial charge in [0.1, 0.15) is 0 Å². The Hall–Kier alpha value is -1.10. The van der Waals surface area contributed by atoms with Crippen LogP contribution in [0.15, 0.2) is 30.3 Å². The number of quaternary nitrogens is 1. The molecule has 1 unspecified atom stereocenters. The van der Waals surface area contributed by atoms with Gasteiger partial charge in [0.05, 0.1) is 13.2 Å². The maximum atomic E-state index is 12.5. The number of ether oxygens (including phenoxy) is 1. The molecule has 0 saturated carbocycles. The van der Waals surface area contributed by atoms with Gasteiger partial charge in [-0.05, 0) is 25.4 Å². The maximum Gasteiger partial charge on any atom is 0.369 e. The molecule has 0 aliphatic carbocycles. The van der Waals surface area contributed by atoms with Gasteiger partial charge in [0.15, 0.2) is 0 Å². The van der Waals surface area contributed by atoms with E-state index in [4.69, 9.17) is 4.74 Å². The Morgan fingerprint density at radius 2 is 1.79 bits per heavy atom. The number of likely N-dealkylation sites (N-methyl/N-ethyl adjacent to an activating group) is 1. The van der Waals surface area contributed by atoms with Gasteiger partial charge in [-0.1, -0.05) is 58.0 Å². The van der Waals surface area contributed by atoms with Crippen LogP contribution in [0.5, 0.6) is 0 Å². The minimum absolute atomic E-state index is 0. The third kappa shape index (κ3) is 8.67. The highest BCUT2D eigenvalue weighted by molar-refractivity contribution is 5.75. The van der Waals surface area contributed by atoms with Crippen molar-refractivity contribution in [2.45, 2.75) is 40.2 Å². The summed E-state index contributed by atoms with van der Waals surface area (Å²) < 4.78 is 5.50. The van der Waals surface area contributed by atoms with Crippen LogP contribution in [0, 0.1) is 5.92 Å². The standard InChI is InChI=1S/C19H32N2O2.ClH/c1-5-21(6-2)14-13-20-18(17-10-8-7-9-11-17)19(22)23-15-12-16(3)4;/h7-11,16,18,20H,5-6,12-15H2,1-4H3;1H. The van der Waals surface area contributed by atoms with Crippen LogP contribution in [0.1, 0.15) is 45.7 Å². The van der Waals surface area contributed by atoms with E-state index in [2.05, 4.69) is 37.9 Å². The molecule has 0 saturated heterocycles. The lowest BCUT2D eigenvalue weighted by molar-refractivity contribution is -0.684. The number of nitrogens with zero attached hydrogens (tertiary/aromatic N) is 1. The Kier molecular flexibility index (Phi) is 12.6. The molecule has 0 bridgehead atoms. The average molecular weight is 357 g/mol. The van der Waals surface area contributed by atoms with E-state index in [0.717, 1.165) is 38.2 Å².